The third kappa shape index (κ3) is 3.26. The van der Waals surface area contributed by atoms with E-state index in [1.165, 1.54) is 22.3 Å². The first kappa shape index (κ1) is 14.2. The maximum atomic E-state index is 3.15. The molecule has 0 atom stereocenters. The molecule has 0 aliphatic rings. The minimum Gasteiger partial charge on any atom is -0.388 e. The second-order valence-electron chi connectivity index (χ2n) is 5.16. The predicted octanol–water partition coefficient (Wildman–Crippen LogP) is 5.32. The molecule has 0 aliphatic heterocycles. The van der Waals surface area contributed by atoms with Crippen molar-refractivity contribution >= 4 is 17.3 Å². The average Bonchev–Trinajstić information content (AvgIpc) is 2.62. The Morgan fingerprint density at radius 2 is 1.18 bits per heavy atom. The lowest BCUT2D eigenvalue weighted by Gasteiger charge is -2.09. The summed E-state index contributed by atoms with van der Waals surface area (Å²) in [7, 11) is 1.93. The molecule has 108 valence electrons. The van der Waals surface area contributed by atoms with Crippen LogP contribution in [-0.2, 0) is 0 Å². The Labute approximate surface area is 132 Å². The number of anilines is 1. The monoisotopic (exact) mass is 285 g/mol. The van der Waals surface area contributed by atoms with Crippen LogP contribution in [0, 0.1) is 0 Å². The van der Waals surface area contributed by atoms with E-state index in [0.717, 1.165) is 5.69 Å². The van der Waals surface area contributed by atoms with Gasteiger partial charge in [-0.2, -0.15) is 0 Å². The Morgan fingerprint density at radius 1 is 0.682 bits per heavy atom. The molecule has 0 aliphatic carbocycles. The van der Waals surface area contributed by atoms with Gasteiger partial charge in [0.15, 0.2) is 0 Å². The third-order valence-electron chi connectivity index (χ3n) is 3.68. The zero-order valence-corrected chi connectivity index (χ0v) is 12.7. The highest BCUT2D eigenvalue weighted by atomic mass is 14.8. The van der Waals surface area contributed by atoms with E-state index in [1.54, 1.807) is 0 Å². The van der Waals surface area contributed by atoms with Crippen LogP contribution in [0.5, 0.6) is 0 Å². The van der Waals surface area contributed by atoms with E-state index in [9.17, 15) is 0 Å². The van der Waals surface area contributed by atoms with Crippen LogP contribution in [-0.4, -0.2) is 7.05 Å². The van der Waals surface area contributed by atoms with Crippen molar-refractivity contribution in [2.45, 2.75) is 0 Å². The Balaban J connectivity index is 2.06. The highest BCUT2D eigenvalue weighted by Gasteiger charge is 2.04. The molecule has 0 unspecified atom stereocenters. The van der Waals surface area contributed by atoms with E-state index < -0.39 is 0 Å². The summed E-state index contributed by atoms with van der Waals surface area (Å²) in [5.74, 6) is 0. The van der Waals surface area contributed by atoms with E-state index in [1.807, 2.05) is 19.2 Å². The molecular weight excluding hydrogens is 266 g/mol. The van der Waals surface area contributed by atoms with Crippen LogP contribution in [0.25, 0.3) is 11.6 Å². The number of benzene rings is 3. The van der Waals surface area contributed by atoms with Crippen LogP contribution < -0.4 is 5.32 Å². The van der Waals surface area contributed by atoms with Gasteiger partial charge in [0, 0.05) is 12.7 Å². The summed E-state index contributed by atoms with van der Waals surface area (Å²) in [5, 5.41) is 3.15. The molecule has 0 amide bonds. The Bertz CT molecular complexity index is 699. The van der Waals surface area contributed by atoms with Gasteiger partial charge in [-0.3, -0.25) is 0 Å². The zero-order valence-electron chi connectivity index (χ0n) is 12.7. The molecule has 3 aromatic rings. The van der Waals surface area contributed by atoms with Gasteiger partial charge in [0.05, 0.1) is 0 Å². The summed E-state index contributed by atoms with van der Waals surface area (Å²) in [6, 6.07) is 29.5. The fraction of sp³-hybridized carbons (Fsp3) is 0.0476. The standard InChI is InChI=1S/C21H19N/c1-22-20-14-12-17(13-15-20)16-21(18-8-4-2-5-9-18)19-10-6-3-7-11-19/h2-16,22H,1H3. The fourth-order valence-electron chi connectivity index (χ4n) is 2.48. The van der Waals surface area contributed by atoms with Crippen molar-refractivity contribution in [2.75, 3.05) is 12.4 Å². The summed E-state index contributed by atoms with van der Waals surface area (Å²) in [5.41, 5.74) is 6.01. The smallest absolute Gasteiger partial charge is 0.0337 e. The molecule has 1 heteroatoms. The molecular formula is C21H19N. The highest BCUT2D eigenvalue weighted by Crippen LogP contribution is 2.26. The third-order valence-corrected chi connectivity index (χ3v) is 3.68. The van der Waals surface area contributed by atoms with E-state index in [0.29, 0.717) is 0 Å². The van der Waals surface area contributed by atoms with Crippen LogP contribution in [0.15, 0.2) is 84.9 Å². The number of rotatable bonds is 4. The summed E-state index contributed by atoms with van der Waals surface area (Å²) < 4.78 is 0. The van der Waals surface area contributed by atoms with Crippen molar-refractivity contribution in [3.05, 3.63) is 102 Å². The largest absolute Gasteiger partial charge is 0.388 e. The maximum absolute atomic E-state index is 3.15. The molecule has 0 fully saturated rings. The van der Waals surface area contributed by atoms with Crippen molar-refractivity contribution in [2.24, 2.45) is 0 Å². The summed E-state index contributed by atoms with van der Waals surface area (Å²) >= 11 is 0. The lowest BCUT2D eigenvalue weighted by Crippen LogP contribution is -1.89. The van der Waals surface area contributed by atoms with Crippen LogP contribution in [0.2, 0.25) is 0 Å². The minimum absolute atomic E-state index is 1.12. The van der Waals surface area contributed by atoms with E-state index in [4.69, 9.17) is 0 Å². The van der Waals surface area contributed by atoms with Gasteiger partial charge < -0.3 is 5.32 Å². The first-order valence-electron chi connectivity index (χ1n) is 7.47. The van der Waals surface area contributed by atoms with Gasteiger partial charge in [-0.05, 0) is 40.5 Å². The molecule has 0 saturated heterocycles. The molecule has 1 N–H and O–H groups in total. The SMILES string of the molecule is CNc1ccc(C=C(c2ccccc2)c2ccccc2)cc1. The normalized spacial score (nSPS) is 10.0. The Morgan fingerprint density at radius 3 is 1.64 bits per heavy atom. The lowest BCUT2D eigenvalue weighted by atomic mass is 9.96. The van der Waals surface area contributed by atoms with Crippen molar-refractivity contribution in [1.82, 2.24) is 0 Å². The molecule has 22 heavy (non-hydrogen) atoms. The van der Waals surface area contributed by atoms with Crippen LogP contribution in [0.4, 0.5) is 5.69 Å². The molecule has 0 bridgehead atoms. The number of nitrogens with one attached hydrogen (secondary N) is 1. The second-order valence-corrected chi connectivity index (χ2v) is 5.16. The van der Waals surface area contributed by atoms with Crippen molar-refractivity contribution in [1.29, 1.82) is 0 Å². The molecule has 0 spiro atoms. The number of hydrogen-bond donors (Lipinski definition) is 1. The zero-order chi connectivity index (χ0) is 15.2. The van der Waals surface area contributed by atoms with E-state index in [-0.39, 0.29) is 0 Å². The van der Waals surface area contributed by atoms with Gasteiger partial charge in [-0.25, -0.2) is 0 Å². The quantitative estimate of drug-likeness (QED) is 0.640. The van der Waals surface area contributed by atoms with E-state index >= 15 is 0 Å². The topological polar surface area (TPSA) is 12.0 Å². The maximum Gasteiger partial charge on any atom is 0.0337 e. The van der Waals surface area contributed by atoms with Crippen LogP contribution in [0.3, 0.4) is 0 Å². The van der Waals surface area contributed by atoms with Gasteiger partial charge in [0.1, 0.15) is 0 Å². The van der Waals surface area contributed by atoms with Crippen molar-refractivity contribution in [3.8, 4) is 0 Å². The minimum atomic E-state index is 1.12. The molecule has 0 aromatic heterocycles. The first-order chi connectivity index (χ1) is 10.9. The lowest BCUT2D eigenvalue weighted by molar-refractivity contribution is 1.50. The molecule has 1 nitrogen and oxygen atoms in total. The predicted molar refractivity (Wildman–Crippen MR) is 95.8 cm³/mol. The van der Waals surface area contributed by atoms with Gasteiger partial charge in [0.2, 0.25) is 0 Å². The summed E-state index contributed by atoms with van der Waals surface area (Å²) in [6.07, 6.45) is 2.24. The van der Waals surface area contributed by atoms with Crippen LogP contribution in [0.1, 0.15) is 16.7 Å². The molecule has 3 aromatic carbocycles. The first-order valence-corrected chi connectivity index (χ1v) is 7.47. The fourth-order valence-corrected chi connectivity index (χ4v) is 2.48. The molecule has 0 radical (unpaired) electrons. The van der Waals surface area contributed by atoms with E-state index in [2.05, 4.69) is 84.2 Å². The van der Waals surface area contributed by atoms with Crippen molar-refractivity contribution in [3.63, 3.8) is 0 Å². The van der Waals surface area contributed by atoms with Gasteiger partial charge in [-0.1, -0.05) is 72.8 Å². The molecule has 3 rings (SSSR count). The van der Waals surface area contributed by atoms with Crippen LogP contribution >= 0.6 is 0 Å². The van der Waals surface area contributed by atoms with Gasteiger partial charge in [0.25, 0.3) is 0 Å². The molecule has 0 saturated carbocycles. The summed E-state index contributed by atoms with van der Waals surface area (Å²) in [6.45, 7) is 0. The molecule has 0 heterocycles. The highest BCUT2D eigenvalue weighted by molar-refractivity contribution is 5.91. The average molecular weight is 285 g/mol. The van der Waals surface area contributed by atoms with Gasteiger partial charge in [-0.15, -0.1) is 0 Å². The summed E-state index contributed by atoms with van der Waals surface area (Å²) in [4.78, 5) is 0. The Kier molecular flexibility index (Phi) is 4.35. The number of hydrogen-bond acceptors (Lipinski definition) is 1. The second kappa shape index (κ2) is 6.77. The van der Waals surface area contributed by atoms with Crippen molar-refractivity contribution < 1.29 is 0 Å². The van der Waals surface area contributed by atoms with Gasteiger partial charge >= 0.3 is 0 Å². The Hall–Kier alpha value is -2.80.